The summed E-state index contributed by atoms with van der Waals surface area (Å²) in [7, 11) is 1.49. The maximum Gasteiger partial charge on any atom is 0.292 e. The van der Waals surface area contributed by atoms with Gasteiger partial charge in [-0.15, -0.1) is 0 Å². The number of hydrogen-bond donors (Lipinski definition) is 0. The summed E-state index contributed by atoms with van der Waals surface area (Å²) in [6, 6.07) is 17.5. The van der Waals surface area contributed by atoms with Crippen molar-refractivity contribution in [2.24, 2.45) is 0 Å². The van der Waals surface area contributed by atoms with Gasteiger partial charge in [0.1, 0.15) is 12.4 Å². The molecule has 0 saturated heterocycles. The van der Waals surface area contributed by atoms with Crippen LogP contribution in [-0.4, -0.2) is 18.3 Å². The zero-order valence-electron chi connectivity index (χ0n) is 12.4. The van der Waals surface area contributed by atoms with E-state index < -0.39 is 0 Å². The van der Waals surface area contributed by atoms with Gasteiger partial charge in [-0.2, -0.15) is 0 Å². The summed E-state index contributed by atoms with van der Waals surface area (Å²) in [5.41, 5.74) is -0.147. The molecule has 0 atom stereocenters. The van der Waals surface area contributed by atoms with E-state index in [-0.39, 0.29) is 5.56 Å². The van der Waals surface area contributed by atoms with E-state index in [2.05, 4.69) is 12.1 Å². The highest BCUT2D eigenvalue weighted by atomic mass is 16.5. The minimum Gasteiger partial charge on any atom is -0.491 e. The van der Waals surface area contributed by atoms with Crippen LogP contribution in [-0.2, 0) is 6.54 Å². The Morgan fingerprint density at radius 1 is 0.955 bits per heavy atom. The smallest absolute Gasteiger partial charge is 0.292 e. The first kappa shape index (κ1) is 14.2. The van der Waals surface area contributed by atoms with Gasteiger partial charge in [0.05, 0.1) is 13.7 Å². The third-order valence-electron chi connectivity index (χ3n) is 3.54. The molecule has 0 aliphatic rings. The van der Waals surface area contributed by atoms with Crippen molar-refractivity contribution in [1.82, 2.24) is 4.57 Å². The fraction of sp³-hybridized carbons (Fsp3) is 0.167. The minimum absolute atomic E-state index is 0.147. The number of fused-ring (bicyclic) bond motifs is 1. The molecule has 1 aromatic heterocycles. The van der Waals surface area contributed by atoms with Crippen LogP contribution >= 0.6 is 0 Å². The summed E-state index contributed by atoms with van der Waals surface area (Å²) >= 11 is 0. The average molecular weight is 295 g/mol. The Labute approximate surface area is 128 Å². The van der Waals surface area contributed by atoms with Crippen molar-refractivity contribution in [2.45, 2.75) is 6.54 Å². The van der Waals surface area contributed by atoms with Gasteiger partial charge < -0.3 is 14.0 Å². The quantitative estimate of drug-likeness (QED) is 0.726. The Morgan fingerprint density at radius 3 is 2.59 bits per heavy atom. The first-order chi connectivity index (χ1) is 10.8. The second kappa shape index (κ2) is 6.35. The molecule has 0 aliphatic heterocycles. The molecule has 0 radical (unpaired) electrons. The molecule has 0 bridgehead atoms. The highest BCUT2D eigenvalue weighted by Crippen LogP contribution is 2.24. The minimum atomic E-state index is -0.147. The van der Waals surface area contributed by atoms with E-state index in [1.165, 1.54) is 7.11 Å². The normalized spacial score (nSPS) is 10.6. The summed E-state index contributed by atoms with van der Waals surface area (Å²) in [5, 5.41) is 2.21. The highest BCUT2D eigenvalue weighted by molar-refractivity contribution is 5.88. The zero-order chi connectivity index (χ0) is 15.4. The van der Waals surface area contributed by atoms with E-state index >= 15 is 0 Å². The Hall–Kier alpha value is -2.75. The van der Waals surface area contributed by atoms with Crippen molar-refractivity contribution < 1.29 is 9.47 Å². The summed E-state index contributed by atoms with van der Waals surface area (Å²) in [6.07, 6.45) is 1.73. The molecule has 0 amide bonds. The topological polar surface area (TPSA) is 40.5 Å². The third kappa shape index (κ3) is 2.81. The van der Waals surface area contributed by atoms with Crippen LogP contribution in [0.5, 0.6) is 11.5 Å². The number of aromatic nitrogens is 1. The van der Waals surface area contributed by atoms with Gasteiger partial charge in [0.15, 0.2) is 5.75 Å². The maximum absolute atomic E-state index is 12.0. The predicted octanol–water partition coefficient (Wildman–Crippen LogP) is 3.09. The number of benzene rings is 2. The summed E-state index contributed by atoms with van der Waals surface area (Å²) in [6.45, 7) is 0.889. The van der Waals surface area contributed by atoms with E-state index in [1.54, 1.807) is 22.9 Å². The van der Waals surface area contributed by atoms with E-state index in [0.29, 0.717) is 18.9 Å². The summed E-state index contributed by atoms with van der Waals surface area (Å²) < 4.78 is 12.5. The molecular formula is C18H17NO3. The summed E-state index contributed by atoms with van der Waals surface area (Å²) in [5.74, 6) is 1.17. The fourth-order valence-electron chi connectivity index (χ4n) is 2.42. The van der Waals surface area contributed by atoms with Crippen LogP contribution in [0.3, 0.4) is 0 Å². The number of nitrogens with zero attached hydrogens (tertiary/aromatic N) is 1. The number of rotatable bonds is 5. The van der Waals surface area contributed by atoms with Crippen LogP contribution in [0.15, 0.2) is 65.6 Å². The number of hydrogen-bond acceptors (Lipinski definition) is 3. The van der Waals surface area contributed by atoms with Gasteiger partial charge in [-0.3, -0.25) is 4.79 Å². The third-order valence-corrected chi connectivity index (χ3v) is 3.54. The zero-order valence-corrected chi connectivity index (χ0v) is 12.4. The van der Waals surface area contributed by atoms with E-state index in [4.69, 9.17) is 9.47 Å². The van der Waals surface area contributed by atoms with E-state index in [0.717, 1.165) is 16.5 Å². The standard InChI is InChI=1S/C18H17NO3/c1-21-17-10-5-11-19(18(17)20)12-13-22-16-9-4-7-14-6-2-3-8-15(14)16/h2-11H,12-13H2,1H3. The monoisotopic (exact) mass is 295 g/mol. The van der Waals surface area contributed by atoms with E-state index in [1.807, 2.05) is 30.3 Å². The van der Waals surface area contributed by atoms with Gasteiger partial charge in [-0.1, -0.05) is 36.4 Å². The Bertz CT molecular complexity index is 834. The lowest BCUT2D eigenvalue weighted by Crippen LogP contribution is -2.23. The van der Waals surface area contributed by atoms with Gasteiger partial charge in [-0.25, -0.2) is 0 Å². The molecule has 0 fully saturated rings. The molecule has 2 aromatic carbocycles. The molecular weight excluding hydrogens is 278 g/mol. The molecule has 4 heteroatoms. The first-order valence-corrected chi connectivity index (χ1v) is 7.13. The molecule has 0 spiro atoms. The van der Waals surface area contributed by atoms with Gasteiger partial charge in [0.2, 0.25) is 0 Å². The van der Waals surface area contributed by atoms with Crippen molar-refractivity contribution in [3.63, 3.8) is 0 Å². The van der Waals surface area contributed by atoms with E-state index in [9.17, 15) is 4.79 Å². The molecule has 0 aliphatic carbocycles. The summed E-state index contributed by atoms with van der Waals surface area (Å²) in [4.78, 5) is 12.0. The molecule has 22 heavy (non-hydrogen) atoms. The van der Waals surface area contributed by atoms with Crippen LogP contribution in [0.2, 0.25) is 0 Å². The van der Waals surface area contributed by atoms with Crippen molar-refractivity contribution in [2.75, 3.05) is 13.7 Å². The van der Waals surface area contributed by atoms with Crippen LogP contribution in [0.4, 0.5) is 0 Å². The number of pyridine rings is 1. The molecule has 4 nitrogen and oxygen atoms in total. The Balaban J connectivity index is 1.74. The Kier molecular flexibility index (Phi) is 4.10. The lowest BCUT2D eigenvalue weighted by atomic mass is 10.1. The molecule has 3 aromatic rings. The second-order valence-corrected chi connectivity index (χ2v) is 4.90. The lowest BCUT2D eigenvalue weighted by molar-refractivity contribution is 0.297. The second-order valence-electron chi connectivity index (χ2n) is 4.90. The highest BCUT2D eigenvalue weighted by Gasteiger charge is 2.04. The molecule has 0 saturated carbocycles. The fourth-order valence-corrected chi connectivity index (χ4v) is 2.42. The molecule has 1 heterocycles. The van der Waals surface area contributed by atoms with Crippen molar-refractivity contribution in [3.8, 4) is 11.5 Å². The number of ether oxygens (including phenoxy) is 2. The van der Waals surface area contributed by atoms with Crippen molar-refractivity contribution in [1.29, 1.82) is 0 Å². The largest absolute Gasteiger partial charge is 0.491 e. The molecule has 0 N–H and O–H groups in total. The number of methoxy groups -OCH3 is 1. The molecule has 0 unspecified atom stereocenters. The van der Waals surface area contributed by atoms with Crippen LogP contribution in [0.1, 0.15) is 0 Å². The van der Waals surface area contributed by atoms with Crippen LogP contribution in [0.25, 0.3) is 10.8 Å². The van der Waals surface area contributed by atoms with Crippen LogP contribution in [0, 0.1) is 0 Å². The Morgan fingerprint density at radius 2 is 1.73 bits per heavy atom. The van der Waals surface area contributed by atoms with Crippen molar-refractivity contribution >= 4 is 10.8 Å². The van der Waals surface area contributed by atoms with Gasteiger partial charge in [0, 0.05) is 11.6 Å². The van der Waals surface area contributed by atoms with Crippen molar-refractivity contribution in [3.05, 3.63) is 71.1 Å². The molecule has 112 valence electrons. The lowest BCUT2D eigenvalue weighted by Gasteiger charge is -2.11. The van der Waals surface area contributed by atoms with Gasteiger partial charge in [0.25, 0.3) is 5.56 Å². The predicted molar refractivity (Wildman–Crippen MR) is 86.7 cm³/mol. The maximum atomic E-state index is 12.0. The first-order valence-electron chi connectivity index (χ1n) is 7.13. The molecule has 3 rings (SSSR count). The van der Waals surface area contributed by atoms with Gasteiger partial charge in [-0.05, 0) is 23.6 Å². The average Bonchev–Trinajstić information content (AvgIpc) is 2.56. The SMILES string of the molecule is COc1cccn(CCOc2cccc3ccccc23)c1=O. The van der Waals surface area contributed by atoms with Crippen LogP contribution < -0.4 is 15.0 Å². The van der Waals surface area contributed by atoms with Gasteiger partial charge >= 0.3 is 0 Å².